The predicted octanol–water partition coefficient (Wildman–Crippen LogP) is 1.88. The second kappa shape index (κ2) is 4.97. The van der Waals surface area contributed by atoms with Crippen molar-refractivity contribution in [2.75, 3.05) is 5.43 Å². The Bertz CT molecular complexity index is 866. The second-order valence-electron chi connectivity index (χ2n) is 4.74. The summed E-state index contributed by atoms with van der Waals surface area (Å²) in [4.78, 5) is 10.8. The van der Waals surface area contributed by atoms with Gasteiger partial charge in [0.15, 0.2) is 5.03 Å². The van der Waals surface area contributed by atoms with Crippen LogP contribution < -0.4 is 5.43 Å². The molecule has 0 aliphatic heterocycles. The number of hydrogen-bond acceptors (Lipinski definition) is 5. The van der Waals surface area contributed by atoms with E-state index in [4.69, 9.17) is 4.55 Å². The molecule has 0 heterocycles. The van der Waals surface area contributed by atoms with Crippen molar-refractivity contribution in [3.63, 3.8) is 0 Å². The molecule has 0 unspecified atom stereocenters. The van der Waals surface area contributed by atoms with Crippen molar-refractivity contribution in [2.24, 2.45) is 0 Å². The first kappa shape index (κ1) is 14.3. The smallest absolute Gasteiger partial charge is 0.264 e. The Hall–Kier alpha value is -2.65. The van der Waals surface area contributed by atoms with Gasteiger partial charge in [-0.25, -0.2) is 15.5 Å². The van der Waals surface area contributed by atoms with Gasteiger partial charge in [0.05, 0.1) is 5.69 Å². The lowest BCUT2D eigenvalue weighted by atomic mass is 10.1. The highest BCUT2D eigenvalue weighted by Gasteiger charge is 2.31. The van der Waals surface area contributed by atoms with Gasteiger partial charge in [-0.15, -0.1) is 0 Å². The third-order valence-electron chi connectivity index (χ3n) is 3.43. The van der Waals surface area contributed by atoms with E-state index in [0.29, 0.717) is 6.42 Å². The first-order chi connectivity index (χ1) is 10.4. The van der Waals surface area contributed by atoms with Crippen LogP contribution in [0.15, 0.2) is 42.5 Å². The largest absolute Gasteiger partial charge is 0.430 e. The number of fused-ring (bicyclic) bond motifs is 3. The van der Waals surface area contributed by atoms with Gasteiger partial charge in [-0.05, 0) is 28.3 Å². The first-order valence-electron chi connectivity index (χ1n) is 6.27. The molecule has 0 atom stereocenters. The molecule has 0 saturated carbocycles. The number of nitro groups is 1. The fourth-order valence-electron chi connectivity index (χ4n) is 2.55. The normalized spacial score (nSPS) is 12.4. The summed E-state index contributed by atoms with van der Waals surface area (Å²) in [6.07, 6.45) is 0.520. The third-order valence-corrected chi connectivity index (χ3v) is 4.10. The number of hydrogen-bond donors (Lipinski definition) is 2. The zero-order valence-electron chi connectivity index (χ0n) is 11.1. The molecule has 8 nitrogen and oxygen atoms in total. The van der Waals surface area contributed by atoms with Gasteiger partial charge < -0.3 is 0 Å². The highest BCUT2D eigenvalue weighted by atomic mass is 32.2. The Balaban J connectivity index is 2.04. The van der Waals surface area contributed by atoms with E-state index in [-0.39, 0.29) is 5.69 Å². The fraction of sp³-hybridized carbons (Fsp3) is 0.0769. The summed E-state index contributed by atoms with van der Waals surface area (Å²) in [6.45, 7) is 0. The van der Waals surface area contributed by atoms with Gasteiger partial charge in [0.2, 0.25) is 0 Å². The van der Waals surface area contributed by atoms with E-state index in [9.17, 15) is 18.5 Å². The van der Waals surface area contributed by atoms with E-state index in [1.807, 2.05) is 30.3 Å². The maximum Gasteiger partial charge on any atom is 0.430 e. The Labute approximate surface area is 126 Å². The van der Waals surface area contributed by atoms with Crippen molar-refractivity contribution in [3.8, 4) is 11.1 Å². The monoisotopic (exact) mass is 321 g/mol. The first-order valence-corrected chi connectivity index (χ1v) is 7.66. The standard InChI is InChI=1S/C13H11N3O5S/c17-16(18)15(22(19,20)21)14-13-7-3-6-11-10-5-2-1-4-9(10)8-12(11)13/h1-7,14H,8H2,(H,19,20,21). The number of nitrogens with one attached hydrogen (secondary N) is 1. The summed E-state index contributed by atoms with van der Waals surface area (Å²) in [5, 5.41) is 9.56. The van der Waals surface area contributed by atoms with E-state index >= 15 is 0 Å². The van der Waals surface area contributed by atoms with Crippen LogP contribution in [0, 0.1) is 10.1 Å². The molecule has 114 valence electrons. The number of nitrogens with zero attached hydrogens (tertiary/aromatic N) is 2. The lowest BCUT2D eigenvalue weighted by Gasteiger charge is -2.14. The van der Waals surface area contributed by atoms with Gasteiger partial charge in [-0.3, -0.25) is 4.55 Å². The zero-order chi connectivity index (χ0) is 15.9. The molecule has 1 aliphatic carbocycles. The molecule has 0 radical (unpaired) electrons. The van der Waals surface area contributed by atoms with Crippen molar-refractivity contribution in [1.82, 2.24) is 4.52 Å². The van der Waals surface area contributed by atoms with Crippen LogP contribution in [0.4, 0.5) is 5.69 Å². The minimum Gasteiger partial charge on any atom is -0.264 e. The van der Waals surface area contributed by atoms with Crippen LogP contribution in [0.25, 0.3) is 11.1 Å². The van der Waals surface area contributed by atoms with E-state index in [0.717, 1.165) is 22.3 Å². The van der Waals surface area contributed by atoms with Crippen LogP contribution >= 0.6 is 0 Å². The maximum absolute atomic E-state index is 11.1. The molecule has 0 spiro atoms. The molecule has 0 aromatic heterocycles. The molecule has 0 saturated heterocycles. The molecule has 2 aromatic rings. The minimum atomic E-state index is -5.02. The predicted molar refractivity (Wildman–Crippen MR) is 78.7 cm³/mol. The Morgan fingerprint density at radius 2 is 1.82 bits per heavy atom. The van der Waals surface area contributed by atoms with E-state index < -0.39 is 19.9 Å². The molecular weight excluding hydrogens is 310 g/mol. The second-order valence-corrected chi connectivity index (χ2v) is 5.98. The van der Waals surface area contributed by atoms with Gasteiger partial charge in [0.25, 0.3) is 0 Å². The van der Waals surface area contributed by atoms with Crippen molar-refractivity contribution in [1.29, 1.82) is 0 Å². The summed E-state index contributed by atoms with van der Waals surface area (Å²) in [6, 6.07) is 12.7. The Morgan fingerprint density at radius 1 is 1.14 bits per heavy atom. The SMILES string of the molecule is O=[N+]([O-])N(Nc1cccc2c1Cc1ccccc1-2)S(=O)(=O)O. The molecule has 22 heavy (non-hydrogen) atoms. The van der Waals surface area contributed by atoms with Gasteiger partial charge in [-0.1, -0.05) is 36.4 Å². The third kappa shape index (κ3) is 2.36. The summed E-state index contributed by atoms with van der Waals surface area (Å²) in [5.41, 5.74) is 6.06. The fourth-order valence-corrected chi connectivity index (χ4v) is 2.93. The van der Waals surface area contributed by atoms with Crippen LogP contribution in [0.5, 0.6) is 0 Å². The minimum absolute atomic E-state index is 0.253. The highest BCUT2D eigenvalue weighted by Crippen LogP contribution is 2.40. The van der Waals surface area contributed by atoms with Crippen LogP contribution in [0.3, 0.4) is 0 Å². The molecular formula is C13H11N3O5S. The summed E-state index contributed by atoms with van der Waals surface area (Å²) >= 11 is 0. The number of hydrazine groups is 2. The summed E-state index contributed by atoms with van der Waals surface area (Å²) in [5.74, 6) is 0. The lowest BCUT2D eigenvalue weighted by Crippen LogP contribution is -2.40. The van der Waals surface area contributed by atoms with Crippen molar-refractivity contribution >= 4 is 16.0 Å². The van der Waals surface area contributed by atoms with Crippen LogP contribution in [-0.4, -0.2) is 22.5 Å². The van der Waals surface area contributed by atoms with Crippen molar-refractivity contribution in [2.45, 2.75) is 6.42 Å². The topological polar surface area (TPSA) is 113 Å². The van der Waals surface area contributed by atoms with Gasteiger partial charge in [-0.2, -0.15) is 8.42 Å². The van der Waals surface area contributed by atoms with Crippen molar-refractivity contribution in [3.05, 3.63) is 63.7 Å². The van der Waals surface area contributed by atoms with Crippen molar-refractivity contribution < 1.29 is 18.0 Å². The molecule has 2 aromatic carbocycles. The van der Waals surface area contributed by atoms with Crippen LogP contribution in [0.1, 0.15) is 11.1 Å². The summed E-state index contributed by atoms with van der Waals surface area (Å²) < 4.78 is 30.7. The highest BCUT2D eigenvalue weighted by molar-refractivity contribution is 7.83. The molecule has 0 amide bonds. The average Bonchev–Trinajstić information content (AvgIpc) is 2.82. The maximum atomic E-state index is 11.1. The molecule has 0 bridgehead atoms. The quantitative estimate of drug-likeness (QED) is 0.431. The Morgan fingerprint density at radius 3 is 2.50 bits per heavy atom. The average molecular weight is 321 g/mol. The number of rotatable bonds is 4. The molecule has 3 rings (SSSR count). The summed E-state index contributed by atoms with van der Waals surface area (Å²) in [7, 11) is -5.02. The van der Waals surface area contributed by atoms with E-state index in [1.165, 1.54) is 6.07 Å². The molecule has 2 N–H and O–H groups in total. The molecule has 0 fully saturated rings. The molecule has 1 aliphatic rings. The Kier molecular flexibility index (Phi) is 3.23. The van der Waals surface area contributed by atoms with E-state index in [2.05, 4.69) is 5.43 Å². The molecule has 9 heteroatoms. The van der Waals surface area contributed by atoms with Crippen LogP contribution in [-0.2, 0) is 16.7 Å². The van der Waals surface area contributed by atoms with Gasteiger partial charge in [0, 0.05) is 6.42 Å². The van der Waals surface area contributed by atoms with E-state index in [1.54, 1.807) is 6.07 Å². The zero-order valence-corrected chi connectivity index (χ0v) is 11.9. The van der Waals surface area contributed by atoms with Gasteiger partial charge >= 0.3 is 10.3 Å². The number of anilines is 1. The number of benzene rings is 2. The lowest BCUT2D eigenvalue weighted by molar-refractivity contribution is -0.614. The van der Waals surface area contributed by atoms with Crippen LogP contribution in [0.2, 0.25) is 0 Å². The van der Waals surface area contributed by atoms with Gasteiger partial charge in [0.1, 0.15) is 4.52 Å².